The summed E-state index contributed by atoms with van der Waals surface area (Å²) >= 11 is 0. The molecular weight excluding hydrogens is 278 g/mol. The molecule has 0 aliphatic carbocycles. The first-order valence-corrected chi connectivity index (χ1v) is 6.89. The topological polar surface area (TPSA) is 68.3 Å². The molecule has 1 unspecified atom stereocenters. The number of benzene rings is 2. The number of amides is 1. The van der Waals surface area contributed by atoms with Gasteiger partial charge in [0.2, 0.25) is 0 Å². The van der Waals surface area contributed by atoms with Crippen molar-refractivity contribution in [3.8, 4) is 11.5 Å². The summed E-state index contributed by atoms with van der Waals surface area (Å²) in [4.78, 5) is 19.9. The van der Waals surface area contributed by atoms with Crippen LogP contribution in [0.15, 0.2) is 64.1 Å². The number of carbonyl (C=O) groups is 1. The van der Waals surface area contributed by atoms with Gasteiger partial charge in [0.25, 0.3) is 11.8 Å². The van der Waals surface area contributed by atoms with E-state index in [1.807, 2.05) is 42.5 Å². The molecular formula is C17H11N3O2. The molecule has 1 atom stereocenters. The first kappa shape index (κ1) is 12.6. The minimum Gasteiger partial charge on any atom is -0.334 e. The summed E-state index contributed by atoms with van der Waals surface area (Å²) in [6.45, 7) is 0. The van der Waals surface area contributed by atoms with Crippen LogP contribution >= 0.6 is 0 Å². The van der Waals surface area contributed by atoms with Crippen molar-refractivity contribution < 1.29 is 9.32 Å². The van der Waals surface area contributed by atoms with E-state index in [1.165, 1.54) is 6.21 Å². The second kappa shape index (κ2) is 5.04. The Morgan fingerprint density at radius 2 is 1.91 bits per heavy atom. The Balaban J connectivity index is 1.79. The maximum absolute atomic E-state index is 11.8. The summed E-state index contributed by atoms with van der Waals surface area (Å²) in [7, 11) is 0. The van der Waals surface area contributed by atoms with E-state index in [-0.39, 0.29) is 5.91 Å². The lowest BCUT2D eigenvalue weighted by Crippen LogP contribution is -2.12. The smallest absolute Gasteiger partial charge is 0.260 e. The van der Waals surface area contributed by atoms with E-state index in [1.54, 1.807) is 12.2 Å². The molecule has 4 rings (SSSR count). The number of nitrogens with zero attached hydrogens (tertiary/aromatic N) is 3. The summed E-state index contributed by atoms with van der Waals surface area (Å²) in [5.74, 6) is -0.117. The van der Waals surface area contributed by atoms with Gasteiger partial charge >= 0.3 is 0 Å². The number of hydrogen-bond acceptors (Lipinski definition) is 4. The molecule has 0 saturated carbocycles. The van der Waals surface area contributed by atoms with Crippen LogP contribution in [-0.2, 0) is 4.79 Å². The third-order valence-corrected chi connectivity index (χ3v) is 3.60. The van der Waals surface area contributed by atoms with Gasteiger partial charge in [-0.05, 0) is 22.9 Å². The van der Waals surface area contributed by atoms with Crippen molar-refractivity contribution in [3.05, 3.63) is 60.4 Å². The minimum atomic E-state index is -0.572. The highest BCUT2D eigenvalue weighted by molar-refractivity contribution is 5.97. The molecule has 1 aromatic heterocycles. The summed E-state index contributed by atoms with van der Waals surface area (Å²) in [5, 5.41) is 6.07. The molecule has 106 valence electrons. The molecule has 1 aliphatic rings. The number of aliphatic imine (C=N–C) groups is 1. The molecule has 0 spiro atoms. The predicted octanol–water partition coefficient (Wildman–Crippen LogP) is 3.14. The quantitative estimate of drug-likeness (QED) is 0.726. The number of hydrogen-bond donors (Lipinski definition) is 0. The zero-order valence-corrected chi connectivity index (χ0v) is 11.5. The summed E-state index contributed by atoms with van der Waals surface area (Å²) in [6, 6.07) is 13.9. The van der Waals surface area contributed by atoms with Crippen molar-refractivity contribution in [2.45, 2.75) is 5.92 Å². The first-order valence-electron chi connectivity index (χ1n) is 6.89. The Morgan fingerprint density at radius 1 is 1.05 bits per heavy atom. The molecule has 22 heavy (non-hydrogen) atoms. The molecule has 5 heteroatoms. The number of fused-ring (bicyclic) bond motifs is 1. The van der Waals surface area contributed by atoms with Gasteiger partial charge in [0.1, 0.15) is 5.92 Å². The van der Waals surface area contributed by atoms with Crippen LogP contribution in [0.2, 0.25) is 0 Å². The molecule has 1 aliphatic heterocycles. The molecule has 0 bridgehead atoms. The molecule has 1 amide bonds. The Morgan fingerprint density at radius 3 is 2.82 bits per heavy atom. The number of allylic oxidation sites excluding steroid dienone is 1. The lowest BCUT2D eigenvalue weighted by molar-refractivity contribution is -0.118. The molecule has 2 heterocycles. The maximum Gasteiger partial charge on any atom is 0.260 e. The normalized spacial score (nSPS) is 17.3. The maximum atomic E-state index is 11.8. The minimum absolute atomic E-state index is 0.284. The van der Waals surface area contributed by atoms with Crippen LogP contribution in [0.5, 0.6) is 0 Å². The van der Waals surface area contributed by atoms with Crippen molar-refractivity contribution in [2.24, 2.45) is 4.99 Å². The summed E-state index contributed by atoms with van der Waals surface area (Å²) < 4.78 is 5.36. The van der Waals surface area contributed by atoms with E-state index in [4.69, 9.17) is 4.52 Å². The molecule has 0 fully saturated rings. The van der Waals surface area contributed by atoms with Crippen LogP contribution in [0, 0.1) is 0 Å². The van der Waals surface area contributed by atoms with Crippen LogP contribution in [0.1, 0.15) is 11.7 Å². The third kappa shape index (κ3) is 2.03. The van der Waals surface area contributed by atoms with Crippen LogP contribution in [0.25, 0.3) is 22.2 Å². The van der Waals surface area contributed by atoms with E-state index >= 15 is 0 Å². The molecule has 2 aromatic carbocycles. The highest BCUT2D eigenvalue weighted by Crippen LogP contribution is 2.29. The van der Waals surface area contributed by atoms with Gasteiger partial charge in [-0.3, -0.25) is 4.79 Å². The standard InChI is InChI=1S/C17H11N3O2/c21-16-14(9-4-10-18-16)15-19-17(22-20-15)13-8-3-6-11-5-1-2-7-12(11)13/h1-10,14H. The Kier molecular flexibility index (Phi) is 2.89. The average molecular weight is 289 g/mol. The zero-order chi connectivity index (χ0) is 14.9. The van der Waals surface area contributed by atoms with Crippen molar-refractivity contribution in [2.75, 3.05) is 0 Å². The van der Waals surface area contributed by atoms with Gasteiger partial charge < -0.3 is 4.52 Å². The highest BCUT2D eigenvalue weighted by Gasteiger charge is 2.25. The Bertz CT molecular complexity index is 919. The van der Waals surface area contributed by atoms with E-state index < -0.39 is 5.92 Å². The highest BCUT2D eigenvalue weighted by atomic mass is 16.5. The molecule has 0 saturated heterocycles. The number of aromatic nitrogens is 2. The van der Waals surface area contributed by atoms with Gasteiger partial charge in [0, 0.05) is 11.8 Å². The van der Waals surface area contributed by atoms with E-state index in [0.29, 0.717) is 11.7 Å². The van der Waals surface area contributed by atoms with Crippen molar-refractivity contribution >= 4 is 22.9 Å². The van der Waals surface area contributed by atoms with Crippen molar-refractivity contribution in [1.82, 2.24) is 10.1 Å². The van der Waals surface area contributed by atoms with E-state index in [9.17, 15) is 4.79 Å². The fraction of sp³-hybridized carbons (Fsp3) is 0.0588. The lowest BCUT2D eigenvalue weighted by Gasteiger charge is -2.05. The van der Waals surface area contributed by atoms with Gasteiger partial charge in [-0.1, -0.05) is 47.6 Å². The van der Waals surface area contributed by atoms with Gasteiger partial charge in [-0.25, -0.2) is 4.99 Å². The summed E-state index contributed by atoms with van der Waals surface area (Å²) in [5.41, 5.74) is 0.854. The van der Waals surface area contributed by atoms with Crippen LogP contribution in [0.3, 0.4) is 0 Å². The van der Waals surface area contributed by atoms with E-state index in [0.717, 1.165) is 16.3 Å². The largest absolute Gasteiger partial charge is 0.334 e. The monoisotopic (exact) mass is 289 g/mol. The van der Waals surface area contributed by atoms with E-state index in [2.05, 4.69) is 15.1 Å². The van der Waals surface area contributed by atoms with Gasteiger partial charge in [0.15, 0.2) is 5.82 Å². The Hall–Kier alpha value is -3.08. The fourth-order valence-corrected chi connectivity index (χ4v) is 2.52. The average Bonchev–Trinajstić information content (AvgIpc) is 3.04. The second-order valence-corrected chi connectivity index (χ2v) is 4.96. The van der Waals surface area contributed by atoms with Gasteiger partial charge in [-0.2, -0.15) is 4.98 Å². The summed E-state index contributed by atoms with van der Waals surface area (Å²) in [6.07, 6.45) is 4.89. The molecule has 0 radical (unpaired) electrons. The SMILES string of the molecule is O=C1N=CC=CC1c1noc(-c2cccc3ccccc23)n1. The Labute approximate surface area is 126 Å². The van der Waals surface area contributed by atoms with Gasteiger partial charge in [0.05, 0.1) is 0 Å². The van der Waals surface area contributed by atoms with Crippen LogP contribution in [0.4, 0.5) is 0 Å². The van der Waals surface area contributed by atoms with Gasteiger partial charge in [-0.15, -0.1) is 0 Å². The molecule has 0 N–H and O–H groups in total. The van der Waals surface area contributed by atoms with Crippen LogP contribution < -0.4 is 0 Å². The predicted molar refractivity (Wildman–Crippen MR) is 82.6 cm³/mol. The van der Waals surface area contributed by atoms with Crippen LogP contribution in [-0.4, -0.2) is 22.3 Å². The fourth-order valence-electron chi connectivity index (χ4n) is 2.52. The number of dihydropyridines is 1. The molecule has 3 aromatic rings. The zero-order valence-electron chi connectivity index (χ0n) is 11.5. The van der Waals surface area contributed by atoms with Crippen molar-refractivity contribution in [1.29, 1.82) is 0 Å². The third-order valence-electron chi connectivity index (χ3n) is 3.60. The molecule has 5 nitrogen and oxygen atoms in total. The second-order valence-electron chi connectivity index (χ2n) is 4.96. The number of rotatable bonds is 2. The number of carbonyl (C=O) groups excluding carboxylic acids is 1. The lowest BCUT2D eigenvalue weighted by atomic mass is 10.0. The van der Waals surface area contributed by atoms with Crippen molar-refractivity contribution in [3.63, 3.8) is 0 Å². The first-order chi connectivity index (χ1) is 10.8.